The number of hydrogen-bond acceptors (Lipinski definition) is 2. The van der Waals surface area contributed by atoms with Gasteiger partial charge in [-0.05, 0) is 26.7 Å². The first kappa shape index (κ1) is 13.1. The van der Waals surface area contributed by atoms with E-state index in [9.17, 15) is 0 Å². The first-order valence-corrected chi connectivity index (χ1v) is 6.38. The zero-order valence-electron chi connectivity index (χ0n) is 11.1. The van der Waals surface area contributed by atoms with E-state index in [-0.39, 0.29) is 5.54 Å². The molecule has 1 aromatic heterocycles. The van der Waals surface area contributed by atoms with Crippen LogP contribution in [0.1, 0.15) is 53.4 Å². The Labute approximate surface area is 99.3 Å². The first-order valence-electron chi connectivity index (χ1n) is 6.38. The molecular weight excluding hydrogens is 198 g/mol. The van der Waals surface area contributed by atoms with Crippen molar-refractivity contribution in [3.8, 4) is 0 Å². The van der Waals surface area contributed by atoms with Gasteiger partial charge >= 0.3 is 0 Å². The predicted octanol–water partition coefficient (Wildman–Crippen LogP) is 3.67. The molecular formula is C13H25N3. The Morgan fingerprint density at radius 3 is 2.69 bits per heavy atom. The molecule has 0 saturated heterocycles. The van der Waals surface area contributed by atoms with Crippen molar-refractivity contribution >= 4 is 5.95 Å². The van der Waals surface area contributed by atoms with Gasteiger partial charge in [-0.3, -0.25) is 0 Å². The number of rotatable bonds is 7. The maximum Gasteiger partial charge on any atom is 0.203 e. The molecule has 1 heterocycles. The highest BCUT2D eigenvalue weighted by molar-refractivity contribution is 5.29. The molecule has 92 valence electrons. The van der Waals surface area contributed by atoms with Crippen LogP contribution in [-0.4, -0.2) is 15.1 Å². The van der Waals surface area contributed by atoms with Crippen molar-refractivity contribution in [2.24, 2.45) is 0 Å². The van der Waals surface area contributed by atoms with Crippen LogP contribution < -0.4 is 5.32 Å². The highest BCUT2D eigenvalue weighted by atomic mass is 15.2. The summed E-state index contributed by atoms with van der Waals surface area (Å²) in [4.78, 5) is 4.39. The van der Waals surface area contributed by atoms with E-state index in [1.165, 1.54) is 19.3 Å². The van der Waals surface area contributed by atoms with Crippen LogP contribution in [0, 0.1) is 0 Å². The van der Waals surface area contributed by atoms with Gasteiger partial charge in [0.15, 0.2) is 0 Å². The highest BCUT2D eigenvalue weighted by Crippen LogP contribution is 2.18. The zero-order chi connectivity index (χ0) is 12.0. The molecule has 0 aromatic carbocycles. The first-order chi connectivity index (χ1) is 7.59. The van der Waals surface area contributed by atoms with Crippen LogP contribution in [0.25, 0.3) is 0 Å². The van der Waals surface area contributed by atoms with Crippen LogP contribution >= 0.6 is 0 Å². The zero-order valence-corrected chi connectivity index (χ0v) is 11.1. The third kappa shape index (κ3) is 3.87. The second-order valence-corrected chi connectivity index (χ2v) is 5.06. The summed E-state index contributed by atoms with van der Waals surface area (Å²) in [5, 5.41) is 3.53. The van der Waals surface area contributed by atoms with E-state index in [0.717, 1.165) is 18.9 Å². The standard InChI is InChI=1S/C13H25N3/c1-5-7-10-16-11-9-14-12(16)15-13(3,4)8-6-2/h9,11H,5-8,10H2,1-4H3,(H,14,15). The lowest BCUT2D eigenvalue weighted by Gasteiger charge is -2.26. The molecule has 3 nitrogen and oxygen atoms in total. The summed E-state index contributed by atoms with van der Waals surface area (Å²) in [5.41, 5.74) is 0.129. The smallest absolute Gasteiger partial charge is 0.203 e. The Morgan fingerprint density at radius 1 is 1.31 bits per heavy atom. The van der Waals surface area contributed by atoms with Crippen molar-refractivity contribution in [2.75, 3.05) is 5.32 Å². The average molecular weight is 223 g/mol. The Bertz CT molecular complexity index is 302. The minimum atomic E-state index is 0.129. The molecule has 0 atom stereocenters. The van der Waals surface area contributed by atoms with Crippen molar-refractivity contribution in [3.05, 3.63) is 12.4 Å². The lowest BCUT2D eigenvalue weighted by molar-refractivity contribution is 0.499. The minimum absolute atomic E-state index is 0.129. The monoisotopic (exact) mass is 223 g/mol. The molecule has 0 amide bonds. The van der Waals surface area contributed by atoms with Gasteiger partial charge in [-0.2, -0.15) is 0 Å². The highest BCUT2D eigenvalue weighted by Gasteiger charge is 2.18. The molecule has 1 aromatic rings. The molecule has 1 N–H and O–H groups in total. The normalized spacial score (nSPS) is 11.8. The van der Waals surface area contributed by atoms with E-state index < -0.39 is 0 Å². The van der Waals surface area contributed by atoms with Crippen LogP contribution in [0.2, 0.25) is 0 Å². The molecule has 0 spiro atoms. The number of unbranched alkanes of at least 4 members (excludes halogenated alkanes) is 1. The number of imidazole rings is 1. The average Bonchev–Trinajstić information content (AvgIpc) is 2.61. The van der Waals surface area contributed by atoms with E-state index in [1.54, 1.807) is 0 Å². The molecule has 3 heteroatoms. The van der Waals surface area contributed by atoms with E-state index >= 15 is 0 Å². The van der Waals surface area contributed by atoms with Crippen LogP contribution in [0.15, 0.2) is 12.4 Å². The van der Waals surface area contributed by atoms with Crippen molar-refractivity contribution in [1.29, 1.82) is 0 Å². The lowest BCUT2D eigenvalue weighted by atomic mass is 9.99. The summed E-state index contributed by atoms with van der Waals surface area (Å²) >= 11 is 0. The molecule has 1 rings (SSSR count). The van der Waals surface area contributed by atoms with Crippen molar-refractivity contribution < 1.29 is 0 Å². The third-order valence-corrected chi connectivity index (χ3v) is 2.79. The number of nitrogens with zero attached hydrogens (tertiary/aromatic N) is 2. The maximum atomic E-state index is 4.39. The Kier molecular flexibility index (Phi) is 4.84. The van der Waals surface area contributed by atoms with E-state index in [2.05, 4.69) is 48.8 Å². The number of hydrogen-bond donors (Lipinski definition) is 1. The van der Waals surface area contributed by atoms with E-state index in [4.69, 9.17) is 0 Å². The SMILES string of the molecule is CCCCn1ccnc1NC(C)(C)CCC. The van der Waals surface area contributed by atoms with Crippen LogP contribution in [-0.2, 0) is 6.54 Å². The Balaban J connectivity index is 2.62. The van der Waals surface area contributed by atoms with Crippen LogP contribution in [0.3, 0.4) is 0 Å². The lowest BCUT2D eigenvalue weighted by Crippen LogP contribution is -2.32. The number of aromatic nitrogens is 2. The summed E-state index contributed by atoms with van der Waals surface area (Å²) in [7, 11) is 0. The third-order valence-electron chi connectivity index (χ3n) is 2.79. The number of nitrogens with one attached hydrogen (secondary N) is 1. The van der Waals surface area contributed by atoms with Gasteiger partial charge in [-0.1, -0.05) is 26.7 Å². The van der Waals surface area contributed by atoms with Gasteiger partial charge in [0.25, 0.3) is 0 Å². The van der Waals surface area contributed by atoms with Crippen molar-refractivity contribution in [2.45, 2.75) is 65.5 Å². The fraction of sp³-hybridized carbons (Fsp3) is 0.769. The van der Waals surface area contributed by atoms with E-state index in [0.29, 0.717) is 0 Å². The predicted molar refractivity (Wildman–Crippen MR) is 69.7 cm³/mol. The van der Waals surface area contributed by atoms with Gasteiger partial charge in [-0.15, -0.1) is 0 Å². The molecule has 0 unspecified atom stereocenters. The summed E-state index contributed by atoms with van der Waals surface area (Å²) in [6.07, 6.45) is 8.71. The topological polar surface area (TPSA) is 29.9 Å². The molecule has 0 fully saturated rings. The van der Waals surface area contributed by atoms with Gasteiger partial charge in [0.1, 0.15) is 0 Å². The van der Waals surface area contributed by atoms with Gasteiger partial charge in [0.2, 0.25) is 5.95 Å². The molecule has 0 aliphatic heterocycles. The van der Waals surface area contributed by atoms with Gasteiger partial charge in [0, 0.05) is 24.5 Å². The fourth-order valence-electron chi connectivity index (χ4n) is 1.93. The maximum absolute atomic E-state index is 4.39. The molecule has 16 heavy (non-hydrogen) atoms. The molecule has 0 saturated carbocycles. The van der Waals surface area contributed by atoms with Gasteiger partial charge in [0.05, 0.1) is 0 Å². The summed E-state index contributed by atoms with van der Waals surface area (Å²) < 4.78 is 2.21. The van der Waals surface area contributed by atoms with E-state index in [1.807, 2.05) is 6.20 Å². The second-order valence-electron chi connectivity index (χ2n) is 5.06. The minimum Gasteiger partial charge on any atom is -0.351 e. The number of aryl methyl sites for hydroxylation is 1. The molecule has 0 aliphatic rings. The Morgan fingerprint density at radius 2 is 2.06 bits per heavy atom. The largest absolute Gasteiger partial charge is 0.351 e. The quantitative estimate of drug-likeness (QED) is 0.764. The summed E-state index contributed by atoms with van der Waals surface area (Å²) in [5.74, 6) is 1.01. The Hall–Kier alpha value is -0.990. The summed E-state index contributed by atoms with van der Waals surface area (Å²) in [6.45, 7) is 9.95. The number of anilines is 1. The van der Waals surface area contributed by atoms with Crippen molar-refractivity contribution in [3.63, 3.8) is 0 Å². The second kappa shape index (κ2) is 5.92. The molecule has 0 radical (unpaired) electrons. The van der Waals surface area contributed by atoms with Crippen molar-refractivity contribution in [1.82, 2.24) is 9.55 Å². The molecule has 0 aliphatic carbocycles. The fourth-order valence-corrected chi connectivity index (χ4v) is 1.93. The van der Waals surface area contributed by atoms with Crippen LogP contribution in [0.4, 0.5) is 5.95 Å². The van der Waals surface area contributed by atoms with Crippen LogP contribution in [0.5, 0.6) is 0 Å². The molecule has 0 bridgehead atoms. The van der Waals surface area contributed by atoms with Gasteiger partial charge < -0.3 is 9.88 Å². The van der Waals surface area contributed by atoms with Gasteiger partial charge in [-0.25, -0.2) is 4.98 Å². The summed E-state index contributed by atoms with van der Waals surface area (Å²) in [6, 6.07) is 0.